The van der Waals surface area contributed by atoms with E-state index < -0.39 is 5.97 Å². The molecule has 0 saturated carbocycles. The molecule has 0 radical (unpaired) electrons. The van der Waals surface area contributed by atoms with Crippen LogP contribution in [0.2, 0.25) is 0 Å². The van der Waals surface area contributed by atoms with Gasteiger partial charge in [0.1, 0.15) is 4.88 Å². The highest BCUT2D eigenvalue weighted by molar-refractivity contribution is 7.14. The van der Waals surface area contributed by atoms with E-state index >= 15 is 0 Å². The molecule has 0 amide bonds. The number of hydrogen-bond donors (Lipinski definition) is 1. The third-order valence-corrected chi connectivity index (χ3v) is 3.96. The molecule has 0 atom stereocenters. The van der Waals surface area contributed by atoms with Crippen molar-refractivity contribution in [2.75, 3.05) is 7.05 Å². The Morgan fingerprint density at radius 3 is 2.79 bits per heavy atom. The minimum absolute atomic E-state index is 0.405. The van der Waals surface area contributed by atoms with E-state index in [1.165, 1.54) is 11.3 Å². The summed E-state index contributed by atoms with van der Waals surface area (Å²) in [5.74, 6) is -0.853. The molecule has 1 N–H and O–H groups in total. The third kappa shape index (κ3) is 3.42. The minimum atomic E-state index is -0.853. The average Bonchev–Trinajstić information content (AvgIpc) is 2.86. The van der Waals surface area contributed by atoms with Crippen LogP contribution in [0.3, 0.4) is 0 Å². The van der Waals surface area contributed by atoms with Gasteiger partial charge in [0, 0.05) is 36.8 Å². The average molecular weight is 279 g/mol. The summed E-state index contributed by atoms with van der Waals surface area (Å²) in [4.78, 5) is 14.6. The summed E-state index contributed by atoms with van der Waals surface area (Å²) in [5, 5.41) is 13.1. The summed E-state index contributed by atoms with van der Waals surface area (Å²) < 4.78 is 1.78. The summed E-state index contributed by atoms with van der Waals surface area (Å²) in [7, 11) is 3.91. The van der Waals surface area contributed by atoms with E-state index in [1.54, 1.807) is 10.7 Å². The van der Waals surface area contributed by atoms with Crippen LogP contribution in [0.5, 0.6) is 0 Å². The standard InChI is InChI=1S/C13H17N3O2S/c1-9-11(4-12(19-9)13(17)18)8-15(2)6-10-5-14-16(3)7-10/h4-5,7H,6,8H2,1-3H3,(H,17,18). The number of hydrogen-bond acceptors (Lipinski definition) is 4. The van der Waals surface area contributed by atoms with E-state index in [2.05, 4.69) is 10.00 Å². The maximum Gasteiger partial charge on any atom is 0.345 e. The van der Waals surface area contributed by atoms with Crippen molar-refractivity contribution in [3.63, 3.8) is 0 Å². The lowest BCUT2D eigenvalue weighted by Gasteiger charge is -2.15. The molecule has 0 aliphatic heterocycles. The lowest BCUT2D eigenvalue weighted by Crippen LogP contribution is -2.17. The molecule has 2 aromatic heterocycles. The molecule has 2 rings (SSSR count). The Hall–Kier alpha value is -1.66. The van der Waals surface area contributed by atoms with Crippen molar-refractivity contribution >= 4 is 17.3 Å². The fourth-order valence-electron chi connectivity index (χ4n) is 1.99. The van der Waals surface area contributed by atoms with E-state index in [-0.39, 0.29) is 0 Å². The number of thiophene rings is 1. The zero-order chi connectivity index (χ0) is 14.0. The minimum Gasteiger partial charge on any atom is -0.477 e. The molecule has 0 fully saturated rings. The quantitative estimate of drug-likeness (QED) is 0.911. The van der Waals surface area contributed by atoms with Crippen molar-refractivity contribution in [2.24, 2.45) is 7.05 Å². The molecule has 0 aliphatic carbocycles. The van der Waals surface area contributed by atoms with Crippen molar-refractivity contribution in [1.29, 1.82) is 0 Å². The second kappa shape index (κ2) is 5.54. The first kappa shape index (κ1) is 13.8. The van der Waals surface area contributed by atoms with Crippen LogP contribution in [0.25, 0.3) is 0 Å². The Labute approximate surface area is 116 Å². The number of nitrogens with zero attached hydrogens (tertiary/aromatic N) is 3. The Balaban J connectivity index is 2.02. The van der Waals surface area contributed by atoms with E-state index in [4.69, 9.17) is 5.11 Å². The number of aryl methyl sites for hydroxylation is 2. The van der Waals surface area contributed by atoms with E-state index in [9.17, 15) is 4.79 Å². The van der Waals surface area contributed by atoms with Crippen molar-refractivity contribution in [3.8, 4) is 0 Å². The van der Waals surface area contributed by atoms with E-state index in [1.807, 2.05) is 33.4 Å². The lowest BCUT2D eigenvalue weighted by molar-refractivity contribution is 0.0702. The number of carbonyl (C=O) groups is 1. The van der Waals surface area contributed by atoms with Crippen LogP contribution < -0.4 is 0 Å². The van der Waals surface area contributed by atoms with Gasteiger partial charge in [-0.05, 0) is 25.6 Å². The van der Waals surface area contributed by atoms with Crippen LogP contribution in [0.1, 0.15) is 25.7 Å². The topological polar surface area (TPSA) is 58.4 Å². The third-order valence-electron chi connectivity index (χ3n) is 2.88. The largest absolute Gasteiger partial charge is 0.477 e. The van der Waals surface area contributed by atoms with Crippen LogP contribution in [0, 0.1) is 6.92 Å². The number of rotatable bonds is 5. The van der Waals surface area contributed by atoms with Crippen molar-refractivity contribution in [3.05, 3.63) is 39.3 Å². The van der Waals surface area contributed by atoms with Gasteiger partial charge in [-0.25, -0.2) is 4.79 Å². The van der Waals surface area contributed by atoms with E-state index in [0.29, 0.717) is 4.88 Å². The molecule has 2 heterocycles. The normalized spacial score (nSPS) is 11.2. The molecule has 6 heteroatoms. The van der Waals surface area contributed by atoms with Gasteiger partial charge in [0.25, 0.3) is 0 Å². The Morgan fingerprint density at radius 1 is 1.53 bits per heavy atom. The summed E-state index contributed by atoms with van der Waals surface area (Å²) >= 11 is 1.33. The Bertz CT molecular complexity index is 588. The maximum atomic E-state index is 10.9. The van der Waals surface area contributed by atoms with Crippen LogP contribution in [0.4, 0.5) is 0 Å². The highest BCUT2D eigenvalue weighted by Crippen LogP contribution is 2.23. The van der Waals surface area contributed by atoms with Crippen LogP contribution in [-0.2, 0) is 20.1 Å². The Kier molecular flexibility index (Phi) is 4.01. The second-order valence-corrected chi connectivity index (χ2v) is 5.95. The summed E-state index contributed by atoms with van der Waals surface area (Å²) in [6.07, 6.45) is 3.83. The molecule has 0 unspecified atom stereocenters. The molecule has 5 nitrogen and oxygen atoms in total. The molecule has 102 valence electrons. The van der Waals surface area contributed by atoms with Gasteiger partial charge in [-0.15, -0.1) is 11.3 Å². The van der Waals surface area contributed by atoms with Gasteiger partial charge >= 0.3 is 5.97 Å². The summed E-state index contributed by atoms with van der Waals surface area (Å²) in [6, 6.07) is 1.77. The molecule has 19 heavy (non-hydrogen) atoms. The molecule has 2 aromatic rings. The maximum absolute atomic E-state index is 10.9. The fraction of sp³-hybridized carbons (Fsp3) is 0.385. The monoisotopic (exact) mass is 279 g/mol. The van der Waals surface area contributed by atoms with Crippen LogP contribution in [-0.4, -0.2) is 32.8 Å². The number of carboxylic acid groups (broad SMARTS) is 1. The predicted molar refractivity (Wildman–Crippen MR) is 74.4 cm³/mol. The van der Waals surface area contributed by atoms with Gasteiger partial charge in [-0.1, -0.05) is 0 Å². The lowest BCUT2D eigenvalue weighted by atomic mass is 10.2. The fourth-order valence-corrected chi connectivity index (χ4v) is 2.87. The highest BCUT2D eigenvalue weighted by Gasteiger charge is 2.12. The zero-order valence-corrected chi connectivity index (χ0v) is 12.1. The summed E-state index contributed by atoms with van der Waals surface area (Å²) in [5.41, 5.74) is 2.23. The van der Waals surface area contributed by atoms with Crippen molar-refractivity contribution in [1.82, 2.24) is 14.7 Å². The SMILES string of the molecule is Cc1sc(C(=O)O)cc1CN(C)Cc1cnn(C)c1. The molecular formula is C13H17N3O2S. The number of carboxylic acids is 1. The number of aromatic nitrogens is 2. The molecule has 0 spiro atoms. The molecule has 0 bridgehead atoms. The zero-order valence-electron chi connectivity index (χ0n) is 11.3. The van der Waals surface area contributed by atoms with Gasteiger partial charge in [-0.3, -0.25) is 9.58 Å². The first-order chi connectivity index (χ1) is 8.95. The number of aromatic carboxylic acids is 1. The van der Waals surface area contributed by atoms with Crippen molar-refractivity contribution < 1.29 is 9.90 Å². The van der Waals surface area contributed by atoms with Crippen molar-refractivity contribution in [2.45, 2.75) is 20.0 Å². The van der Waals surface area contributed by atoms with Gasteiger partial charge in [0.05, 0.1) is 6.20 Å². The van der Waals surface area contributed by atoms with E-state index in [0.717, 1.165) is 29.1 Å². The smallest absolute Gasteiger partial charge is 0.345 e. The first-order valence-electron chi connectivity index (χ1n) is 5.94. The van der Waals surface area contributed by atoms with Crippen LogP contribution >= 0.6 is 11.3 Å². The predicted octanol–water partition coefficient (Wildman–Crippen LogP) is 2.12. The van der Waals surface area contributed by atoms with Gasteiger partial charge in [0.15, 0.2) is 0 Å². The summed E-state index contributed by atoms with van der Waals surface area (Å²) in [6.45, 7) is 3.50. The Morgan fingerprint density at radius 2 is 2.26 bits per heavy atom. The van der Waals surface area contributed by atoms with Gasteiger partial charge in [0.2, 0.25) is 0 Å². The highest BCUT2D eigenvalue weighted by atomic mass is 32.1. The molecule has 0 aliphatic rings. The second-order valence-electron chi connectivity index (χ2n) is 4.69. The van der Waals surface area contributed by atoms with Gasteiger partial charge < -0.3 is 5.11 Å². The first-order valence-corrected chi connectivity index (χ1v) is 6.76. The molecule has 0 saturated heterocycles. The van der Waals surface area contributed by atoms with Crippen LogP contribution in [0.15, 0.2) is 18.5 Å². The molecular weight excluding hydrogens is 262 g/mol. The molecule has 0 aromatic carbocycles. The van der Waals surface area contributed by atoms with Gasteiger partial charge in [-0.2, -0.15) is 5.10 Å².